The van der Waals surface area contributed by atoms with Gasteiger partial charge in [-0.05, 0) is 30.2 Å². The molecule has 1 atom stereocenters. The Labute approximate surface area is 154 Å². The van der Waals surface area contributed by atoms with Crippen LogP contribution in [-0.4, -0.2) is 46.1 Å². The van der Waals surface area contributed by atoms with Crippen LogP contribution in [0.15, 0.2) is 42.5 Å². The maximum Gasteiger partial charge on any atom is 0.161 e. The molecule has 0 spiro atoms. The molecule has 0 saturated carbocycles. The highest BCUT2D eigenvalue weighted by Gasteiger charge is 2.16. The molecule has 1 N–H and O–H groups in total. The lowest BCUT2D eigenvalue weighted by Gasteiger charge is -2.15. The summed E-state index contributed by atoms with van der Waals surface area (Å²) in [5.41, 5.74) is 1.67. The van der Waals surface area contributed by atoms with Gasteiger partial charge in [0.2, 0.25) is 0 Å². The first kappa shape index (κ1) is 21.6. The van der Waals surface area contributed by atoms with Crippen molar-refractivity contribution >= 4 is 6.29 Å². The third kappa shape index (κ3) is 5.84. The van der Waals surface area contributed by atoms with Crippen LogP contribution in [0.5, 0.6) is 11.5 Å². The van der Waals surface area contributed by atoms with Crippen LogP contribution in [0.2, 0.25) is 0 Å². The van der Waals surface area contributed by atoms with Crippen LogP contribution >= 0.6 is 0 Å². The molecule has 0 amide bonds. The van der Waals surface area contributed by atoms with E-state index in [1.54, 1.807) is 63.8 Å². The molecule has 0 heterocycles. The second-order valence-corrected chi connectivity index (χ2v) is 5.30. The van der Waals surface area contributed by atoms with Crippen LogP contribution in [0, 0.1) is 0 Å². The van der Waals surface area contributed by atoms with Gasteiger partial charge >= 0.3 is 0 Å². The van der Waals surface area contributed by atoms with Gasteiger partial charge in [-0.2, -0.15) is 0 Å². The van der Waals surface area contributed by atoms with Gasteiger partial charge in [-0.3, -0.25) is 4.79 Å². The minimum atomic E-state index is -0.892. The highest BCUT2D eigenvalue weighted by Crippen LogP contribution is 2.32. The van der Waals surface area contributed by atoms with Crippen molar-refractivity contribution in [3.63, 3.8) is 0 Å². The first-order valence-corrected chi connectivity index (χ1v) is 8.02. The number of methoxy groups -OCH3 is 4. The van der Waals surface area contributed by atoms with Crippen LogP contribution in [-0.2, 0) is 9.47 Å². The Morgan fingerprint density at radius 1 is 0.923 bits per heavy atom. The highest BCUT2D eigenvalue weighted by atomic mass is 16.7. The van der Waals surface area contributed by atoms with E-state index in [2.05, 4.69) is 9.47 Å². The van der Waals surface area contributed by atoms with Gasteiger partial charge in [-0.15, -0.1) is 0 Å². The Morgan fingerprint density at radius 3 is 2.04 bits per heavy atom. The summed E-state index contributed by atoms with van der Waals surface area (Å²) in [5.74, 6) is 1.12. The van der Waals surface area contributed by atoms with E-state index in [-0.39, 0.29) is 6.29 Å². The van der Waals surface area contributed by atoms with Gasteiger partial charge in [-0.1, -0.05) is 30.3 Å². The average molecular weight is 362 g/mol. The fraction of sp³-hybridized carbons (Fsp3) is 0.350. The number of carbonyl (C=O) groups excluding carboxylic acids is 1. The van der Waals surface area contributed by atoms with E-state index in [0.29, 0.717) is 28.2 Å². The summed E-state index contributed by atoms with van der Waals surface area (Å²) in [7, 11) is 6.30. The third-order valence-electron chi connectivity index (χ3n) is 3.80. The lowest BCUT2D eigenvalue weighted by atomic mass is 9.97. The molecular weight excluding hydrogens is 336 g/mol. The van der Waals surface area contributed by atoms with E-state index >= 15 is 0 Å². The van der Waals surface area contributed by atoms with Crippen molar-refractivity contribution in [2.45, 2.75) is 19.3 Å². The lowest BCUT2D eigenvalue weighted by Crippen LogP contribution is -2.05. The van der Waals surface area contributed by atoms with Crippen molar-refractivity contribution in [3.05, 3.63) is 59.2 Å². The number of hydrogen-bond donors (Lipinski definition) is 1. The summed E-state index contributed by atoms with van der Waals surface area (Å²) >= 11 is 0. The molecule has 0 fully saturated rings. The zero-order valence-corrected chi connectivity index (χ0v) is 15.8. The predicted octanol–water partition coefficient (Wildman–Crippen LogP) is 3.22. The molecule has 2 aromatic rings. The van der Waals surface area contributed by atoms with E-state index in [1.165, 1.54) is 7.11 Å². The number of ether oxygens (including phenoxy) is 4. The number of aldehydes is 1. The first-order chi connectivity index (χ1) is 12.5. The number of hydrogen-bond acceptors (Lipinski definition) is 6. The Balaban J connectivity index is 0.000000487. The van der Waals surface area contributed by atoms with Gasteiger partial charge in [0.25, 0.3) is 0 Å². The molecular formula is C20H26O6. The zero-order valence-electron chi connectivity index (χ0n) is 15.8. The van der Waals surface area contributed by atoms with E-state index in [1.807, 2.05) is 6.92 Å². The van der Waals surface area contributed by atoms with Gasteiger partial charge in [0.05, 0.1) is 14.2 Å². The Bertz CT molecular complexity index is 682. The van der Waals surface area contributed by atoms with Gasteiger partial charge in [-0.25, -0.2) is 0 Å². The van der Waals surface area contributed by atoms with Crippen LogP contribution < -0.4 is 9.47 Å². The molecule has 0 aliphatic rings. The van der Waals surface area contributed by atoms with Crippen molar-refractivity contribution in [2.75, 3.05) is 28.4 Å². The van der Waals surface area contributed by atoms with Gasteiger partial charge in [0, 0.05) is 19.8 Å². The van der Waals surface area contributed by atoms with Crippen molar-refractivity contribution in [3.8, 4) is 11.5 Å². The summed E-state index contributed by atoms with van der Waals surface area (Å²) in [6.07, 6.45) is -0.222. The number of rotatable bonds is 7. The largest absolute Gasteiger partial charge is 0.493 e. The highest BCUT2D eigenvalue weighted by molar-refractivity contribution is 5.77. The normalized spacial score (nSPS) is 11.3. The molecule has 6 heteroatoms. The molecule has 0 aromatic heterocycles. The number of aliphatic hydroxyl groups is 1. The van der Waals surface area contributed by atoms with Gasteiger partial charge in [0.15, 0.2) is 17.8 Å². The van der Waals surface area contributed by atoms with E-state index in [0.717, 1.165) is 6.29 Å². The summed E-state index contributed by atoms with van der Waals surface area (Å²) in [4.78, 5) is 11.0. The molecule has 2 aromatic carbocycles. The maximum atomic E-state index is 11.0. The van der Waals surface area contributed by atoms with E-state index in [9.17, 15) is 9.90 Å². The standard InChI is InChI=1S/C16H16O4.C4H10O2/c1-19-14-8-7-11(9-15(14)20-2)16(18)13-6-4-3-5-12(13)10-17;1-4(5-2)6-3/h3-10,16,18H,1-2H3;4H,1-3H3. The molecule has 0 saturated heterocycles. The maximum absolute atomic E-state index is 11.0. The Morgan fingerprint density at radius 2 is 1.54 bits per heavy atom. The topological polar surface area (TPSA) is 74.2 Å². The molecule has 142 valence electrons. The van der Waals surface area contributed by atoms with Crippen molar-refractivity contribution in [2.24, 2.45) is 0 Å². The summed E-state index contributed by atoms with van der Waals surface area (Å²) < 4.78 is 19.7. The van der Waals surface area contributed by atoms with Gasteiger partial charge in [0.1, 0.15) is 12.4 Å². The molecule has 2 rings (SSSR count). The molecule has 6 nitrogen and oxygen atoms in total. The van der Waals surface area contributed by atoms with Crippen LogP contribution in [0.1, 0.15) is 34.5 Å². The number of carbonyl (C=O) groups is 1. The zero-order chi connectivity index (χ0) is 19.5. The fourth-order valence-corrected chi connectivity index (χ4v) is 2.17. The molecule has 0 bridgehead atoms. The monoisotopic (exact) mass is 362 g/mol. The second kappa shape index (κ2) is 11.3. The molecule has 1 unspecified atom stereocenters. The minimum absolute atomic E-state index is 0.0648. The van der Waals surface area contributed by atoms with Gasteiger partial charge < -0.3 is 24.1 Å². The van der Waals surface area contributed by atoms with Crippen molar-refractivity contribution in [1.29, 1.82) is 0 Å². The number of aliphatic hydroxyl groups excluding tert-OH is 1. The molecule has 0 aliphatic carbocycles. The second-order valence-electron chi connectivity index (χ2n) is 5.30. The summed E-state index contributed by atoms with van der Waals surface area (Å²) in [6.45, 7) is 1.83. The predicted molar refractivity (Wildman–Crippen MR) is 98.9 cm³/mol. The molecule has 26 heavy (non-hydrogen) atoms. The molecule has 0 radical (unpaired) electrons. The minimum Gasteiger partial charge on any atom is -0.493 e. The van der Waals surface area contributed by atoms with Crippen LogP contribution in [0.3, 0.4) is 0 Å². The summed E-state index contributed by atoms with van der Waals surface area (Å²) in [6, 6.07) is 12.1. The SMILES string of the molecule is COC(C)OC.COc1ccc(C(O)c2ccccc2C=O)cc1OC. The Kier molecular flexibility index (Phi) is 9.36. The summed E-state index contributed by atoms with van der Waals surface area (Å²) in [5, 5.41) is 10.4. The Hall–Kier alpha value is -2.41. The third-order valence-corrected chi connectivity index (χ3v) is 3.80. The molecule has 0 aliphatic heterocycles. The fourth-order valence-electron chi connectivity index (χ4n) is 2.17. The van der Waals surface area contributed by atoms with E-state index < -0.39 is 6.10 Å². The average Bonchev–Trinajstić information content (AvgIpc) is 2.72. The van der Waals surface area contributed by atoms with Crippen LogP contribution in [0.25, 0.3) is 0 Å². The lowest BCUT2D eigenvalue weighted by molar-refractivity contribution is -0.0877. The smallest absolute Gasteiger partial charge is 0.161 e. The van der Waals surface area contributed by atoms with E-state index in [4.69, 9.17) is 9.47 Å². The quantitative estimate of drug-likeness (QED) is 0.602. The first-order valence-electron chi connectivity index (χ1n) is 8.02. The number of benzene rings is 2. The van der Waals surface area contributed by atoms with Crippen molar-refractivity contribution < 1.29 is 28.8 Å². The van der Waals surface area contributed by atoms with Crippen LogP contribution in [0.4, 0.5) is 0 Å². The van der Waals surface area contributed by atoms with Crippen molar-refractivity contribution in [1.82, 2.24) is 0 Å².